The molecule has 0 N–H and O–H groups in total. The molecule has 3 heteroatoms. The molecule has 1 aliphatic carbocycles. The van der Waals surface area contributed by atoms with Crippen molar-refractivity contribution in [3.8, 4) is 0 Å². The first-order chi connectivity index (χ1) is 15.9. The molecule has 1 atom stereocenters. The van der Waals surface area contributed by atoms with Gasteiger partial charge in [0, 0.05) is 33.6 Å². The monoisotopic (exact) mass is 477 g/mol. The largest absolute Gasteiger partial charge is 0.311 e. The van der Waals surface area contributed by atoms with E-state index in [2.05, 4.69) is 75.2 Å². The SMILES string of the molecule is C=CC1=C(Cl)/C(=C/C(=C\C)N(c2ccccc2)c2ccccc2)C(C)C(Cl)=C1C=C.CCC. The third kappa shape index (κ3) is 6.19. The van der Waals surface area contributed by atoms with Crippen LogP contribution in [0.4, 0.5) is 11.4 Å². The molecule has 0 spiro atoms. The summed E-state index contributed by atoms with van der Waals surface area (Å²) in [5.74, 6) is -0.0563. The highest BCUT2D eigenvalue weighted by molar-refractivity contribution is 6.36. The van der Waals surface area contributed by atoms with E-state index in [4.69, 9.17) is 23.2 Å². The Labute approximate surface area is 209 Å². The number of nitrogens with zero attached hydrogens (tertiary/aromatic N) is 1. The van der Waals surface area contributed by atoms with E-state index in [0.29, 0.717) is 5.03 Å². The highest BCUT2D eigenvalue weighted by Gasteiger charge is 2.27. The second-order valence-electron chi connectivity index (χ2n) is 7.65. The van der Waals surface area contributed by atoms with Crippen molar-refractivity contribution in [3.63, 3.8) is 0 Å². The van der Waals surface area contributed by atoms with E-state index in [0.717, 1.165) is 38.8 Å². The van der Waals surface area contributed by atoms with E-state index in [1.165, 1.54) is 6.42 Å². The first-order valence-electron chi connectivity index (χ1n) is 11.3. The van der Waals surface area contributed by atoms with Crippen molar-refractivity contribution < 1.29 is 0 Å². The lowest BCUT2D eigenvalue weighted by molar-refractivity contribution is 0.843. The van der Waals surface area contributed by atoms with Crippen molar-refractivity contribution in [2.24, 2.45) is 5.92 Å². The van der Waals surface area contributed by atoms with E-state index in [1.807, 2.05) is 43.3 Å². The second-order valence-corrected chi connectivity index (χ2v) is 8.43. The summed E-state index contributed by atoms with van der Waals surface area (Å²) in [6, 6.07) is 20.5. The maximum Gasteiger partial charge on any atom is 0.0523 e. The topological polar surface area (TPSA) is 3.24 Å². The number of anilines is 2. The zero-order chi connectivity index (χ0) is 24.4. The number of rotatable bonds is 6. The van der Waals surface area contributed by atoms with Crippen LogP contribution in [-0.4, -0.2) is 0 Å². The molecule has 0 aliphatic heterocycles. The van der Waals surface area contributed by atoms with Gasteiger partial charge in [-0.3, -0.25) is 0 Å². The highest BCUT2D eigenvalue weighted by Crippen LogP contribution is 2.44. The van der Waals surface area contributed by atoms with Gasteiger partial charge in [0.2, 0.25) is 0 Å². The Bertz CT molecular complexity index is 1030. The van der Waals surface area contributed by atoms with Crippen molar-refractivity contribution >= 4 is 34.6 Å². The minimum atomic E-state index is -0.0563. The van der Waals surface area contributed by atoms with Crippen LogP contribution >= 0.6 is 23.2 Å². The van der Waals surface area contributed by atoms with Crippen LogP contribution in [0.3, 0.4) is 0 Å². The molecule has 0 aromatic heterocycles. The van der Waals surface area contributed by atoms with Crippen molar-refractivity contribution in [2.75, 3.05) is 4.90 Å². The van der Waals surface area contributed by atoms with E-state index in [9.17, 15) is 0 Å². The molecule has 1 nitrogen and oxygen atoms in total. The van der Waals surface area contributed by atoms with Gasteiger partial charge in [0.25, 0.3) is 0 Å². The van der Waals surface area contributed by atoms with E-state index >= 15 is 0 Å². The van der Waals surface area contributed by atoms with Crippen molar-refractivity contribution in [1.82, 2.24) is 0 Å². The summed E-state index contributed by atoms with van der Waals surface area (Å²) in [7, 11) is 0. The summed E-state index contributed by atoms with van der Waals surface area (Å²) in [5.41, 5.74) is 5.73. The van der Waals surface area contributed by atoms with Crippen LogP contribution in [0.25, 0.3) is 0 Å². The lowest BCUT2D eigenvalue weighted by Gasteiger charge is -2.30. The molecule has 0 amide bonds. The lowest BCUT2D eigenvalue weighted by atomic mass is 9.86. The Hall–Kier alpha value is -2.74. The van der Waals surface area contributed by atoms with E-state index < -0.39 is 0 Å². The normalized spacial score (nSPS) is 17.5. The summed E-state index contributed by atoms with van der Waals surface area (Å²) in [6.07, 6.45) is 8.92. The molecular formula is C30H33Cl2N. The summed E-state index contributed by atoms with van der Waals surface area (Å²) in [4.78, 5) is 2.21. The Morgan fingerprint density at radius 2 is 1.33 bits per heavy atom. The number of hydrogen-bond donors (Lipinski definition) is 0. The second kappa shape index (κ2) is 13.1. The van der Waals surface area contributed by atoms with Crippen LogP contribution in [0.2, 0.25) is 0 Å². The van der Waals surface area contributed by atoms with Gasteiger partial charge >= 0.3 is 0 Å². The van der Waals surface area contributed by atoms with Gasteiger partial charge in [0.1, 0.15) is 0 Å². The molecule has 2 aromatic carbocycles. The molecule has 0 radical (unpaired) electrons. The maximum absolute atomic E-state index is 6.83. The van der Waals surface area contributed by atoms with Crippen LogP contribution in [0.15, 0.2) is 131 Å². The first-order valence-corrected chi connectivity index (χ1v) is 12.0. The molecular weight excluding hydrogens is 445 g/mol. The lowest BCUT2D eigenvalue weighted by Crippen LogP contribution is -2.17. The summed E-state index contributed by atoms with van der Waals surface area (Å²) < 4.78 is 0. The Balaban J connectivity index is 0.00000122. The molecule has 172 valence electrons. The predicted octanol–water partition coefficient (Wildman–Crippen LogP) is 10.1. The van der Waals surface area contributed by atoms with Crippen molar-refractivity contribution in [2.45, 2.75) is 34.1 Å². The molecule has 0 heterocycles. The molecule has 1 unspecified atom stereocenters. The van der Waals surface area contributed by atoms with Gasteiger partial charge in [-0.05, 0) is 48.4 Å². The van der Waals surface area contributed by atoms with Crippen molar-refractivity contribution in [1.29, 1.82) is 0 Å². The number of halogens is 2. The van der Waals surface area contributed by atoms with Gasteiger partial charge in [-0.2, -0.15) is 0 Å². The van der Waals surface area contributed by atoms with Crippen LogP contribution < -0.4 is 4.90 Å². The highest BCUT2D eigenvalue weighted by atomic mass is 35.5. The third-order valence-corrected chi connectivity index (χ3v) is 6.13. The van der Waals surface area contributed by atoms with Crippen LogP contribution in [-0.2, 0) is 0 Å². The standard InChI is InChI=1S/C27H25Cl2N.C3H8/c1-5-20(18-25-19(4)26(28)23(6-2)24(7-3)27(25)29)30(21-14-10-8-11-15-21)22-16-12-9-13-17-22;1-3-2/h5-19H,2-3H2,1,4H3;3H2,1-2H3/b20-5+,25-18+;. The average Bonchev–Trinajstić information content (AvgIpc) is 2.84. The quantitative estimate of drug-likeness (QED) is 0.399. The van der Waals surface area contributed by atoms with E-state index in [-0.39, 0.29) is 5.92 Å². The first kappa shape index (κ1) is 26.5. The summed E-state index contributed by atoms with van der Waals surface area (Å²) in [6.45, 7) is 16.1. The molecule has 1 aliphatic rings. The average molecular weight is 479 g/mol. The van der Waals surface area contributed by atoms with Crippen LogP contribution in [0.1, 0.15) is 34.1 Å². The predicted molar refractivity (Wildman–Crippen MR) is 148 cm³/mol. The fourth-order valence-electron chi connectivity index (χ4n) is 3.60. The summed E-state index contributed by atoms with van der Waals surface area (Å²) >= 11 is 13.5. The Kier molecular flexibility index (Phi) is 10.5. The van der Waals surface area contributed by atoms with Gasteiger partial charge in [0.15, 0.2) is 0 Å². The molecule has 2 aromatic rings. The number of hydrogen-bond acceptors (Lipinski definition) is 1. The van der Waals surface area contributed by atoms with Gasteiger partial charge in [-0.25, -0.2) is 0 Å². The molecule has 0 bridgehead atoms. The van der Waals surface area contributed by atoms with Gasteiger partial charge in [0.05, 0.1) is 5.03 Å². The number of allylic oxidation sites excluding steroid dienone is 9. The fraction of sp³-hybridized carbons (Fsp3) is 0.200. The fourth-order valence-corrected chi connectivity index (χ4v) is 4.29. The van der Waals surface area contributed by atoms with Crippen LogP contribution in [0.5, 0.6) is 0 Å². The molecule has 0 saturated heterocycles. The van der Waals surface area contributed by atoms with Crippen molar-refractivity contribution in [3.05, 3.63) is 131 Å². The van der Waals surface area contributed by atoms with Gasteiger partial charge < -0.3 is 4.90 Å². The zero-order valence-corrected chi connectivity index (χ0v) is 21.5. The molecule has 33 heavy (non-hydrogen) atoms. The minimum absolute atomic E-state index is 0.0563. The molecule has 3 rings (SSSR count). The third-order valence-electron chi connectivity index (χ3n) is 5.18. The Morgan fingerprint density at radius 1 is 0.879 bits per heavy atom. The molecule has 0 fully saturated rings. The van der Waals surface area contributed by atoms with Gasteiger partial charge in [-0.1, -0.05) is 118 Å². The van der Waals surface area contributed by atoms with Gasteiger partial charge in [-0.15, -0.1) is 0 Å². The van der Waals surface area contributed by atoms with Crippen LogP contribution in [0, 0.1) is 5.92 Å². The number of benzene rings is 2. The smallest absolute Gasteiger partial charge is 0.0523 e. The maximum atomic E-state index is 6.83. The van der Waals surface area contributed by atoms with E-state index in [1.54, 1.807) is 12.2 Å². The molecule has 0 saturated carbocycles. The minimum Gasteiger partial charge on any atom is -0.311 e. The zero-order valence-electron chi connectivity index (χ0n) is 20.0. The summed E-state index contributed by atoms with van der Waals surface area (Å²) in [5, 5.41) is 1.37. The number of para-hydroxylation sites is 2. The Morgan fingerprint density at radius 3 is 1.73 bits per heavy atom.